The molecular formula is C16H14N2O3. The molecule has 0 atom stereocenters. The lowest BCUT2D eigenvalue weighted by Crippen LogP contribution is -2.06. The molecule has 0 aliphatic carbocycles. The number of nitrogens with one attached hydrogen (secondary N) is 1. The van der Waals surface area contributed by atoms with Crippen LogP contribution in [0.15, 0.2) is 48.5 Å². The van der Waals surface area contributed by atoms with Crippen LogP contribution in [0.25, 0.3) is 0 Å². The van der Waals surface area contributed by atoms with E-state index in [1.807, 2.05) is 18.2 Å². The van der Waals surface area contributed by atoms with Crippen LogP contribution < -0.4 is 10.1 Å². The monoisotopic (exact) mass is 282 g/mol. The highest BCUT2D eigenvalue weighted by Crippen LogP contribution is 2.17. The second kappa shape index (κ2) is 6.96. The first-order valence-electron chi connectivity index (χ1n) is 6.35. The molecule has 0 heterocycles. The third-order valence-corrected chi connectivity index (χ3v) is 2.87. The molecule has 0 spiro atoms. The van der Waals surface area contributed by atoms with Gasteiger partial charge in [-0.1, -0.05) is 24.3 Å². The molecular weight excluding hydrogens is 268 g/mol. The smallest absolute Gasteiger partial charge is 0.337 e. The fourth-order valence-corrected chi connectivity index (χ4v) is 1.84. The normalized spacial score (nSPS) is 9.67. The van der Waals surface area contributed by atoms with E-state index in [1.165, 1.54) is 0 Å². The van der Waals surface area contributed by atoms with Gasteiger partial charge in [0.25, 0.3) is 0 Å². The average Bonchev–Trinajstić information content (AvgIpc) is 2.52. The van der Waals surface area contributed by atoms with Gasteiger partial charge in [0.2, 0.25) is 0 Å². The molecule has 0 amide bonds. The van der Waals surface area contributed by atoms with Gasteiger partial charge in [-0.05, 0) is 29.8 Å². The molecule has 0 aliphatic rings. The molecule has 2 N–H and O–H groups in total. The molecule has 21 heavy (non-hydrogen) atoms. The minimum atomic E-state index is -0.960. The van der Waals surface area contributed by atoms with Gasteiger partial charge in [0.15, 0.2) is 6.61 Å². The van der Waals surface area contributed by atoms with Gasteiger partial charge in [0.05, 0.1) is 5.56 Å². The van der Waals surface area contributed by atoms with Crippen molar-refractivity contribution in [3.8, 4) is 11.8 Å². The molecule has 0 radical (unpaired) electrons. The van der Waals surface area contributed by atoms with E-state index in [0.717, 1.165) is 5.56 Å². The topological polar surface area (TPSA) is 82.3 Å². The van der Waals surface area contributed by atoms with Crippen molar-refractivity contribution in [1.29, 1.82) is 5.26 Å². The molecule has 0 bridgehead atoms. The number of ether oxygens (including phenoxy) is 1. The summed E-state index contributed by atoms with van der Waals surface area (Å²) >= 11 is 0. The molecule has 0 fully saturated rings. The first kappa shape index (κ1) is 14.4. The Kier molecular flexibility index (Phi) is 4.78. The zero-order valence-electron chi connectivity index (χ0n) is 11.2. The van der Waals surface area contributed by atoms with Crippen molar-refractivity contribution in [1.82, 2.24) is 0 Å². The summed E-state index contributed by atoms with van der Waals surface area (Å²) in [4.78, 5) is 11.1. The number of carboxylic acids is 1. The van der Waals surface area contributed by atoms with Gasteiger partial charge >= 0.3 is 5.97 Å². The van der Waals surface area contributed by atoms with Crippen LogP contribution in [0, 0.1) is 11.3 Å². The summed E-state index contributed by atoms with van der Waals surface area (Å²) < 4.78 is 5.16. The van der Waals surface area contributed by atoms with Crippen molar-refractivity contribution in [3.05, 3.63) is 59.7 Å². The minimum Gasteiger partial charge on any atom is -0.479 e. The van der Waals surface area contributed by atoms with Crippen molar-refractivity contribution >= 4 is 11.7 Å². The highest BCUT2D eigenvalue weighted by molar-refractivity contribution is 5.94. The fourth-order valence-electron chi connectivity index (χ4n) is 1.84. The number of anilines is 1. The SMILES string of the molecule is N#CCOc1ccc(CNc2ccccc2C(=O)O)cc1. The summed E-state index contributed by atoms with van der Waals surface area (Å²) in [5.74, 6) is -0.329. The Morgan fingerprint density at radius 1 is 1.19 bits per heavy atom. The second-order valence-electron chi connectivity index (χ2n) is 4.30. The van der Waals surface area contributed by atoms with E-state index < -0.39 is 5.97 Å². The van der Waals surface area contributed by atoms with Gasteiger partial charge < -0.3 is 15.2 Å². The van der Waals surface area contributed by atoms with E-state index in [-0.39, 0.29) is 12.2 Å². The fraction of sp³-hybridized carbons (Fsp3) is 0.125. The minimum absolute atomic E-state index is 0.0174. The Hall–Kier alpha value is -3.00. The highest BCUT2D eigenvalue weighted by atomic mass is 16.5. The Morgan fingerprint density at radius 2 is 1.90 bits per heavy atom. The quantitative estimate of drug-likeness (QED) is 0.851. The Labute approximate surface area is 122 Å². The molecule has 5 heteroatoms. The van der Waals surface area contributed by atoms with E-state index in [0.29, 0.717) is 18.0 Å². The van der Waals surface area contributed by atoms with Gasteiger partial charge in [0.1, 0.15) is 11.8 Å². The molecule has 0 saturated carbocycles. The maximum Gasteiger partial charge on any atom is 0.337 e. The number of aromatic carboxylic acids is 1. The van der Waals surface area contributed by atoms with Crippen molar-refractivity contribution < 1.29 is 14.6 Å². The summed E-state index contributed by atoms with van der Waals surface area (Å²) in [5, 5.41) is 20.6. The van der Waals surface area contributed by atoms with Gasteiger partial charge in [0, 0.05) is 12.2 Å². The van der Waals surface area contributed by atoms with Gasteiger partial charge in [-0.15, -0.1) is 0 Å². The lowest BCUT2D eigenvalue weighted by atomic mass is 10.1. The van der Waals surface area contributed by atoms with Crippen LogP contribution in [0.1, 0.15) is 15.9 Å². The Balaban J connectivity index is 2.00. The lowest BCUT2D eigenvalue weighted by molar-refractivity contribution is 0.0698. The summed E-state index contributed by atoms with van der Waals surface area (Å²) in [6.45, 7) is 0.520. The summed E-state index contributed by atoms with van der Waals surface area (Å²) in [6.07, 6.45) is 0. The maximum absolute atomic E-state index is 11.1. The Morgan fingerprint density at radius 3 is 2.57 bits per heavy atom. The number of para-hydroxylation sites is 1. The van der Waals surface area contributed by atoms with E-state index in [1.54, 1.807) is 36.4 Å². The second-order valence-corrected chi connectivity index (χ2v) is 4.30. The number of hydrogen-bond acceptors (Lipinski definition) is 4. The molecule has 0 aromatic heterocycles. The number of benzene rings is 2. The van der Waals surface area contributed by atoms with E-state index in [2.05, 4.69) is 5.32 Å². The first-order chi connectivity index (χ1) is 10.2. The van der Waals surface area contributed by atoms with E-state index in [9.17, 15) is 4.79 Å². The average molecular weight is 282 g/mol. The summed E-state index contributed by atoms with van der Waals surface area (Å²) in [6, 6.07) is 15.9. The van der Waals surface area contributed by atoms with Gasteiger partial charge in [-0.25, -0.2) is 4.79 Å². The van der Waals surface area contributed by atoms with Crippen LogP contribution >= 0.6 is 0 Å². The number of nitriles is 1. The number of carbonyl (C=O) groups is 1. The highest BCUT2D eigenvalue weighted by Gasteiger charge is 2.08. The van der Waals surface area contributed by atoms with Crippen LogP contribution in [0.3, 0.4) is 0 Å². The standard InChI is InChI=1S/C16H14N2O3/c17-9-10-21-13-7-5-12(6-8-13)11-18-15-4-2-1-3-14(15)16(19)20/h1-8,18H,10-11H2,(H,19,20). The first-order valence-corrected chi connectivity index (χ1v) is 6.35. The van der Waals surface area contributed by atoms with Crippen LogP contribution in [0.5, 0.6) is 5.75 Å². The molecule has 0 aliphatic heterocycles. The number of hydrogen-bond donors (Lipinski definition) is 2. The van der Waals surface area contributed by atoms with E-state index >= 15 is 0 Å². The predicted octanol–water partition coefficient (Wildman–Crippen LogP) is 2.90. The van der Waals surface area contributed by atoms with Crippen molar-refractivity contribution in [3.63, 3.8) is 0 Å². The summed E-state index contributed by atoms with van der Waals surface area (Å²) in [5.41, 5.74) is 1.81. The van der Waals surface area contributed by atoms with Gasteiger partial charge in [-0.3, -0.25) is 0 Å². The van der Waals surface area contributed by atoms with E-state index in [4.69, 9.17) is 15.1 Å². The van der Waals surface area contributed by atoms with Crippen molar-refractivity contribution in [2.75, 3.05) is 11.9 Å². The van der Waals surface area contributed by atoms with Crippen molar-refractivity contribution in [2.45, 2.75) is 6.54 Å². The van der Waals surface area contributed by atoms with Crippen LogP contribution in [-0.4, -0.2) is 17.7 Å². The lowest BCUT2D eigenvalue weighted by Gasteiger charge is -2.10. The molecule has 106 valence electrons. The number of rotatable bonds is 6. The third kappa shape index (κ3) is 3.98. The molecule has 2 aromatic carbocycles. The third-order valence-electron chi connectivity index (χ3n) is 2.87. The zero-order valence-corrected chi connectivity index (χ0v) is 11.2. The molecule has 0 unspecified atom stereocenters. The van der Waals surface area contributed by atoms with Crippen molar-refractivity contribution in [2.24, 2.45) is 0 Å². The van der Waals surface area contributed by atoms with Crippen LogP contribution in [0.2, 0.25) is 0 Å². The Bertz CT molecular complexity index is 660. The largest absolute Gasteiger partial charge is 0.479 e. The molecule has 2 rings (SSSR count). The molecule has 5 nitrogen and oxygen atoms in total. The van der Waals surface area contributed by atoms with Crippen LogP contribution in [-0.2, 0) is 6.54 Å². The molecule has 0 saturated heterocycles. The zero-order chi connectivity index (χ0) is 15.1. The molecule has 2 aromatic rings. The number of nitrogens with zero attached hydrogens (tertiary/aromatic N) is 1. The van der Waals surface area contributed by atoms with Gasteiger partial charge in [-0.2, -0.15) is 5.26 Å². The predicted molar refractivity (Wildman–Crippen MR) is 78.3 cm³/mol. The van der Waals surface area contributed by atoms with Crippen LogP contribution in [0.4, 0.5) is 5.69 Å². The number of carboxylic acid groups (broad SMARTS) is 1. The maximum atomic E-state index is 11.1. The summed E-state index contributed by atoms with van der Waals surface area (Å²) in [7, 11) is 0.